The second kappa shape index (κ2) is 5.74. The second-order valence-electron chi connectivity index (χ2n) is 3.97. The fourth-order valence-electron chi connectivity index (χ4n) is 1.77. The van der Waals surface area contributed by atoms with E-state index in [2.05, 4.69) is 25.8 Å². The van der Waals surface area contributed by atoms with E-state index < -0.39 is 10.0 Å². The third-order valence-electron chi connectivity index (χ3n) is 2.64. The van der Waals surface area contributed by atoms with Crippen molar-refractivity contribution < 1.29 is 8.42 Å². The predicted molar refractivity (Wildman–Crippen MR) is 78.7 cm³/mol. The van der Waals surface area contributed by atoms with E-state index in [9.17, 15) is 8.42 Å². The summed E-state index contributed by atoms with van der Waals surface area (Å²) in [6, 6.07) is 4.80. The number of thiophene rings is 1. The molecule has 104 valence electrons. The third kappa shape index (κ3) is 3.25. The summed E-state index contributed by atoms with van der Waals surface area (Å²) >= 11 is 4.45. The average Bonchev–Trinajstić information content (AvgIpc) is 2.96. The summed E-state index contributed by atoms with van der Waals surface area (Å²) in [6.07, 6.45) is 1.67. The minimum absolute atomic E-state index is 0.300. The molecule has 1 unspecified atom stereocenters. The molecule has 5 nitrogen and oxygen atoms in total. The maximum atomic E-state index is 12.2. The molecule has 2 rings (SSSR count). The second-order valence-corrected chi connectivity index (χ2v) is 8.38. The molecule has 0 radical (unpaired) electrons. The summed E-state index contributed by atoms with van der Waals surface area (Å²) in [5.74, 6) is 0. The van der Waals surface area contributed by atoms with Crippen LogP contribution in [0.2, 0.25) is 0 Å². The highest BCUT2D eigenvalue weighted by Crippen LogP contribution is 2.27. The number of nitrogens with one attached hydrogen (secondary N) is 1. The number of nitrogens with zero attached hydrogens (tertiary/aromatic N) is 2. The van der Waals surface area contributed by atoms with Gasteiger partial charge in [-0.05, 0) is 48.0 Å². The van der Waals surface area contributed by atoms with Crippen LogP contribution < -0.4 is 4.72 Å². The summed E-state index contributed by atoms with van der Waals surface area (Å²) in [6.45, 7) is 4.48. The lowest BCUT2D eigenvalue weighted by Crippen LogP contribution is -2.27. The van der Waals surface area contributed by atoms with Crippen molar-refractivity contribution in [2.45, 2.75) is 30.6 Å². The molecule has 0 spiro atoms. The monoisotopic (exact) mass is 363 g/mol. The van der Waals surface area contributed by atoms with Gasteiger partial charge in [0, 0.05) is 12.7 Å². The highest BCUT2D eigenvalue weighted by Gasteiger charge is 2.21. The quantitative estimate of drug-likeness (QED) is 0.887. The van der Waals surface area contributed by atoms with Crippen LogP contribution in [0.4, 0.5) is 0 Å². The van der Waals surface area contributed by atoms with Crippen LogP contribution in [0, 0.1) is 0 Å². The lowest BCUT2D eigenvalue weighted by molar-refractivity contribution is 0.540. The summed E-state index contributed by atoms with van der Waals surface area (Å²) in [4.78, 5) is 0. The van der Waals surface area contributed by atoms with E-state index in [4.69, 9.17) is 0 Å². The minimum Gasteiger partial charge on any atom is -0.268 e. The van der Waals surface area contributed by atoms with Gasteiger partial charge in [-0.2, -0.15) is 5.10 Å². The zero-order valence-electron chi connectivity index (χ0n) is 10.5. The molecule has 2 aromatic heterocycles. The molecule has 2 heterocycles. The van der Waals surface area contributed by atoms with Gasteiger partial charge in [-0.1, -0.05) is 0 Å². The standard InChI is InChI=1S/C11H14BrN3O2S2/c1-3-15-9(6-7-13-15)8(2)14-19(16,17)11-5-4-10(12)18-11/h4-8,14H,3H2,1-2H3. The van der Waals surface area contributed by atoms with Crippen LogP contribution in [0.1, 0.15) is 25.6 Å². The lowest BCUT2D eigenvalue weighted by Gasteiger charge is -2.14. The molecule has 0 aliphatic rings. The Morgan fingerprint density at radius 1 is 1.47 bits per heavy atom. The highest BCUT2D eigenvalue weighted by atomic mass is 79.9. The van der Waals surface area contributed by atoms with Crippen molar-refractivity contribution in [2.75, 3.05) is 0 Å². The molecule has 0 saturated heterocycles. The Bertz CT molecular complexity index is 663. The summed E-state index contributed by atoms with van der Waals surface area (Å²) in [5, 5.41) is 4.14. The molecule has 0 fully saturated rings. The van der Waals surface area contributed by atoms with E-state index in [1.807, 2.05) is 19.9 Å². The fourth-order valence-corrected chi connectivity index (χ4v) is 5.01. The molecule has 0 aliphatic carbocycles. The molecular weight excluding hydrogens is 350 g/mol. The van der Waals surface area contributed by atoms with Gasteiger partial charge in [0.2, 0.25) is 0 Å². The van der Waals surface area contributed by atoms with Crippen LogP contribution in [0.25, 0.3) is 0 Å². The number of rotatable bonds is 5. The summed E-state index contributed by atoms with van der Waals surface area (Å²) in [5.41, 5.74) is 0.849. The van der Waals surface area contributed by atoms with Gasteiger partial charge in [0.15, 0.2) is 0 Å². The van der Waals surface area contributed by atoms with Gasteiger partial charge in [-0.15, -0.1) is 11.3 Å². The third-order valence-corrected chi connectivity index (χ3v) is 6.29. The van der Waals surface area contributed by atoms with E-state index in [1.165, 1.54) is 11.3 Å². The van der Waals surface area contributed by atoms with Gasteiger partial charge < -0.3 is 0 Å². The zero-order chi connectivity index (χ0) is 14.0. The maximum Gasteiger partial charge on any atom is 0.250 e. The van der Waals surface area contributed by atoms with Crippen molar-refractivity contribution in [3.8, 4) is 0 Å². The van der Waals surface area contributed by atoms with Gasteiger partial charge in [0.25, 0.3) is 10.0 Å². The van der Waals surface area contributed by atoms with Crippen molar-refractivity contribution in [2.24, 2.45) is 0 Å². The van der Waals surface area contributed by atoms with Crippen molar-refractivity contribution in [1.29, 1.82) is 0 Å². The normalized spacial score (nSPS) is 13.6. The Labute approximate surface area is 124 Å². The van der Waals surface area contributed by atoms with Crippen LogP contribution in [-0.4, -0.2) is 18.2 Å². The first-order chi connectivity index (χ1) is 8.94. The first-order valence-electron chi connectivity index (χ1n) is 5.73. The number of sulfonamides is 1. The van der Waals surface area contributed by atoms with Crippen molar-refractivity contribution in [1.82, 2.24) is 14.5 Å². The van der Waals surface area contributed by atoms with E-state index in [1.54, 1.807) is 23.0 Å². The number of halogens is 1. The van der Waals surface area contributed by atoms with Crippen LogP contribution in [0.3, 0.4) is 0 Å². The van der Waals surface area contributed by atoms with Crippen LogP contribution in [-0.2, 0) is 16.6 Å². The predicted octanol–water partition coefficient (Wildman–Crippen LogP) is 2.77. The number of hydrogen-bond acceptors (Lipinski definition) is 4. The van der Waals surface area contributed by atoms with Crippen molar-refractivity contribution in [3.63, 3.8) is 0 Å². The molecule has 0 aliphatic heterocycles. The Morgan fingerprint density at radius 3 is 2.79 bits per heavy atom. The van der Waals surface area contributed by atoms with E-state index in [0.717, 1.165) is 9.48 Å². The van der Waals surface area contributed by atoms with Gasteiger partial charge in [-0.3, -0.25) is 4.68 Å². The summed E-state index contributed by atoms with van der Waals surface area (Å²) in [7, 11) is -3.49. The molecule has 2 aromatic rings. The number of aromatic nitrogens is 2. The zero-order valence-corrected chi connectivity index (χ0v) is 13.7. The van der Waals surface area contributed by atoms with Crippen LogP contribution in [0.5, 0.6) is 0 Å². The lowest BCUT2D eigenvalue weighted by atomic mass is 10.2. The molecule has 19 heavy (non-hydrogen) atoms. The van der Waals surface area contributed by atoms with Gasteiger partial charge in [-0.25, -0.2) is 13.1 Å². The molecule has 0 saturated carbocycles. The highest BCUT2D eigenvalue weighted by molar-refractivity contribution is 9.11. The molecule has 0 amide bonds. The Kier molecular flexibility index (Phi) is 4.44. The molecule has 1 N–H and O–H groups in total. The van der Waals surface area contributed by atoms with E-state index in [-0.39, 0.29) is 6.04 Å². The van der Waals surface area contributed by atoms with Gasteiger partial charge in [0.1, 0.15) is 4.21 Å². The van der Waals surface area contributed by atoms with E-state index >= 15 is 0 Å². The van der Waals surface area contributed by atoms with Crippen molar-refractivity contribution in [3.05, 3.63) is 33.9 Å². The number of aryl methyl sites for hydroxylation is 1. The van der Waals surface area contributed by atoms with Crippen LogP contribution in [0.15, 0.2) is 32.4 Å². The van der Waals surface area contributed by atoms with Crippen molar-refractivity contribution >= 4 is 37.3 Å². The summed E-state index contributed by atoms with van der Waals surface area (Å²) < 4.78 is 29.9. The van der Waals surface area contributed by atoms with Gasteiger partial charge >= 0.3 is 0 Å². The molecular formula is C11H14BrN3O2S2. The topological polar surface area (TPSA) is 64.0 Å². The molecule has 1 atom stereocenters. The first kappa shape index (κ1) is 14.7. The minimum atomic E-state index is -3.49. The van der Waals surface area contributed by atoms with Crippen LogP contribution >= 0.6 is 27.3 Å². The largest absolute Gasteiger partial charge is 0.268 e. The van der Waals surface area contributed by atoms with Gasteiger partial charge in [0.05, 0.1) is 15.5 Å². The average molecular weight is 364 g/mol. The number of hydrogen-bond donors (Lipinski definition) is 1. The maximum absolute atomic E-state index is 12.2. The molecule has 0 bridgehead atoms. The Hall–Kier alpha value is -0.700. The fraction of sp³-hybridized carbons (Fsp3) is 0.364. The Balaban J connectivity index is 2.21. The molecule has 0 aromatic carbocycles. The Morgan fingerprint density at radius 2 is 2.21 bits per heavy atom. The molecule has 8 heteroatoms. The first-order valence-corrected chi connectivity index (χ1v) is 8.82. The smallest absolute Gasteiger partial charge is 0.250 e. The SMILES string of the molecule is CCn1nccc1C(C)NS(=O)(=O)c1ccc(Br)s1. The van der Waals surface area contributed by atoms with E-state index in [0.29, 0.717) is 10.8 Å².